The first-order valence-corrected chi connectivity index (χ1v) is 4.44. The van der Waals surface area contributed by atoms with Crippen molar-refractivity contribution in [2.45, 2.75) is 12.1 Å². The molecule has 82 valence electrons. The van der Waals surface area contributed by atoms with Crippen molar-refractivity contribution >= 4 is 17.6 Å². The molecule has 0 aliphatic heterocycles. The van der Waals surface area contributed by atoms with Gasteiger partial charge in [-0.15, -0.1) is 0 Å². The monoisotopic (exact) mass is 232 g/mol. The van der Waals surface area contributed by atoms with E-state index in [0.717, 1.165) is 0 Å². The Morgan fingerprint density at radius 1 is 1.60 bits per heavy atom. The topological polar surface area (TPSA) is 104 Å². The lowest BCUT2D eigenvalue weighted by Gasteiger charge is -2.15. The molecule has 0 saturated carbocycles. The van der Waals surface area contributed by atoms with E-state index in [1.54, 1.807) is 0 Å². The molecule has 15 heavy (non-hydrogen) atoms. The zero-order valence-electron chi connectivity index (χ0n) is 8.55. The highest BCUT2D eigenvalue weighted by atomic mass is 35.5. The van der Waals surface area contributed by atoms with Crippen molar-refractivity contribution < 1.29 is 20.1 Å². The summed E-state index contributed by atoms with van der Waals surface area (Å²) >= 11 is 5.64. The number of carbonyl (C=O) groups is 1. The number of carboxylic acid groups (broad SMARTS) is 1. The van der Waals surface area contributed by atoms with E-state index in [-0.39, 0.29) is 10.8 Å². The van der Waals surface area contributed by atoms with E-state index in [2.05, 4.69) is 5.11 Å². The summed E-state index contributed by atoms with van der Waals surface area (Å²) in [6.07, 6.45) is -1.14. The Labute approximate surface area is 92.2 Å². The van der Waals surface area contributed by atoms with Crippen molar-refractivity contribution in [1.82, 2.24) is 0 Å². The number of aliphatic carboxylic acids is 1. The third kappa shape index (κ3) is 2.59. The smallest absolute Gasteiger partial charge is 0.323 e. The summed E-state index contributed by atoms with van der Waals surface area (Å²) in [7, 11) is 0. The molecule has 1 aromatic rings. The van der Waals surface area contributed by atoms with E-state index in [0.29, 0.717) is 5.56 Å². The van der Waals surface area contributed by atoms with Gasteiger partial charge in [0.15, 0.2) is 0 Å². The fourth-order valence-corrected chi connectivity index (χ4v) is 1.23. The molecular weight excluding hydrogens is 222 g/mol. The van der Waals surface area contributed by atoms with E-state index >= 15 is 0 Å². The lowest BCUT2D eigenvalue weighted by atomic mass is 10.0. The summed E-state index contributed by atoms with van der Waals surface area (Å²) in [5, 5.41) is 22.2. The van der Waals surface area contributed by atoms with Gasteiger partial charge < -0.3 is 21.1 Å². The van der Waals surface area contributed by atoms with Crippen LogP contribution in [-0.2, 0) is 4.79 Å². The van der Waals surface area contributed by atoms with Gasteiger partial charge in [-0.1, -0.05) is 17.7 Å². The number of rotatable bonds is 4. The molecule has 6 heteroatoms. The number of aromatic hydroxyl groups is 1. The number of hydrogen-bond acceptors (Lipinski definition) is 4. The number of nitrogens with two attached hydrogens (primary N) is 1. The molecule has 0 bridgehead atoms. The third-order valence-corrected chi connectivity index (χ3v) is 2.21. The van der Waals surface area contributed by atoms with Crippen molar-refractivity contribution in [3.8, 4) is 5.75 Å². The average Bonchev–Trinajstić information content (AvgIpc) is 2.24. The molecular formula is C9H10ClNO4. The van der Waals surface area contributed by atoms with Gasteiger partial charge in [-0.25, -0.2) is 0 Å². The second-order valence-corrected chi connectivity index (χ2v) is 3.40. The van der Waals surface area contributed by atoms with Gasteiger partial charge in [-0.3, -0.25) is 4.79 Å². The Morgan fingerprint density at radius 3 is 2.73 bits per heavy atom. The maximum Gasteiger partial charge on any atom is 0.323 e. The van der Waals surface area contributed by atoms with Crippen LogP contribution in [-0.4, -0.2) is 28.8 Å². The van der Waals surface area contributed by atoms with Gasteiger partial charge in [0.1, 0.15) is 17.9 Å². The van der Waals surface area contributed by atoms with E-state index in [1.807, 2.05) is 0 Å². The molecule has 2 atom stereocenters. The Morgan fingerprint density at radius 2 is 2.27 bits per heavy atom. The highest BCUT2D eigenvalue weighted by Gasteiger charge is 2.23. The van der Waals surface area contributed by atoms with E-state index in [4.69, 9.17) is 23.9 Å². The van der Waals surface area contributed by atoms with Crippen molar-refractivity contribution in [2.75, 3.05) is 0 Å². The highest BCUT2D eigenvalue weighted by molar-refractivity contribution is 6.32. The second kappa shape index (κ2) is 4.48. The summed E-state index contributed by atoms with van der Waals surface area (Å²) in [5.74, 6) is -1.43. The van der Waals surface area contributed by atoms with Crippen molar-refractivity contribution in [1.29, 1.82) is 1.43 Å². The maximum absolute atomic E-state index is 10.7. The second-order valence-electron chi connectivity index (χ2n) is 3.00. The Hall–Kier alpha value is -1.30. The summed E-state index contributed by atoms with van der Waals surface area (Å²) < 4.78 is 6.80. The average molecular weight is 233 g/mol. The third-order valence-electron chi connectivity index (χ3n) is 1.91. The van der Waals surface area contributed by atoms with Gasteiger partial charge in [0, 0.05) is 0 Å². The fourth-order valence-electron chi connectivity index (χ4n) is 1.04. The number of carboxylic acids is 1. The molecule has 0 aliphatic carbocycles. The molecule has 1 unspecified atom stereocenters. The zero-order chi connectivity index (χ0) is 12.3. The van der Waals surface area contributed by atoms with Crippen LogP contribution in [0, 0.1) is 0 Å². The van der Waals surface area contributed by atoms with Gasteiger partial charge in [0.25, 0.3) is 0 Å². The van der Waals surface area contributed by atoms with Crippen LogP contribution in [0.3, 0.4) is 0 Å². The quantitative estimate of drug-likeness (QED) is 0.605. The predicted octanol–water partition coefficient (Wildman–Crippen LogP) is 0.491. The number of aliphatic hydroxyl groups excluding tert-OH is 1. The van der Waals surface area contributed by atoms with Crippen LogP contribution in [0.15, 0.2) is 18.2 Å². The van der Waals surface area contributed by atoms with Crippen LogP contribution < -0.4 is 5.73 Å². The number of hydrogen-bond donors (Lipinski definition) is 4. The van der Waals surface area contributed by atoms with Gasteiger partial charge in [0.05, 0.1) is 5.02 Å². The van der Waals surface area contributed by atoms with E-state index in [1.165, 1.54) is 18.2 Å². The molecule has 5 N–H and O–H groups in total. The molecule has 1 rings (SSSR count). The first kappa shape index (κ1) is 10.2. The number of phenols is 1. The normalized spacial score (nSPS) is 15.5. The number of halogens is 1. The Bertz CT molecular complexity index is 401. The van der Waals surface area contributed by atoms with Crippen LogP contribution in [0.25, 0.3) is 0 Å². The van der Waals surface area contributed by atoms with Crippen molar-refractivity contribution in [2.24, 2.45) is 5.73 Å². The van der Waals surface area contributed by atoms with Crippen LogP contribution in [0.4, 0.5) is 0 Å². The highest BCUT2D eigenvalue weighted by Crippen LogP contribution is 2.27. The largest absolute Gasteiger partial charge is 0.506 e. The summed E-state index contributed by atoms with van der Waals surface area (Å²) in [5.41, 5.74) is 5.65. The molecule has 5 nitrogen and oxygen atoms in total. The van der Waals surface area contributed by atoms with Gasteiger partial charge in [-0.05, 0) is 17.7 Å². The van der Waals surface area contributed by atoms with Crippen LogP contribution >= 0.6 is 11.6 Å². The number of benzene rings is 1. The minimum atomic E-state index is -1.38. The van der Waals surface area contributed by atoms with E-state index < -0.39 is 18.1 Å². The lowest BCUT2D eigenvalue weighted by Crippen LogP contribution is -2.36. The van der Waals surface area contributed by atoms with Gasteiger partial charge in [0.2, 0.25) is 1.43 Å². The van der Waals surface area contributed by atoms with E-state index in [9.17, 15) is 9.90 Å². The lowest BCUT2D eigenvalue weighted by molar-refractivity contribution is -0.141. The van der Waals surface area contributed by atoms with Crippen LogP contribution in [0.5, 0.6) is 5.75 Å². The molecule has 0 aliphatic rings. The maximum atomic E-state index is 10.7. The Balaban J connectivity index is 3.04. The van der Waals surface area contributed by atoms with Crippen LogP contribution in [0.2, 0.25) is 5.02 Å². The molecule has 0 fully saturated rings. The molecule has 0 saturated heterocycles. The predicted molar refractivity (Wildman–Crippen MR) is 53.7 cm³/mol. The SMILES string of the molecule is [2H]OC(c1ccc(O)c(Cl)c1)[C@H](N)C(=O)O. The fraction of sp³-hybridized carbons (Fsp3) is 0.222. The molecule has 0 spiro atoms. The van der Waals surface area contributed by atoms with Crippen molar-refractivity contribution in [3.05, 3.63) is 28.8 Å². The minimum absolute atomic E-state index is 0.0390. The summed E-state index contributed by atoms with van der Waals surface area (Å²) in [4.78, 5) is 10.7. The van der Waals surface area contributed by atoms with Gasteiger partial charge in [-0.2, -0.15) is 0 Å². The molecule has 0 amide bonds. The summed E-state index contributed by atoms with van der Waals surface area (Å²) in [6, 6.07) is 2.60. The Kier molecular flexibility index (Phi) is 3.05. The molecule has 0 radical (unpaired) electrons. The van der Waals surface area contributed by atoms with Gasteiger partial charge >= 0.3 is 5.97 Å². The van der Waals surface area contributed by atoms with Crippen LogP contribution in [0.1, 0.15) is 11.7 Å². The first-order chi connectivity index (χ1) is 7.47. The summed E-state index contributed by atoms with van der Waals surface area (Å²) in [6.45, 7) is 0. The molecule has 0 heterocycles. The first-order valence-electron chi connectivity index (χ1n) is 4.47. The zero-order valence-corrected chi connectivity index (χ0v) is 8.31. The molecule has 0 aromatic heterocycles. The standard InChI is InChI=1S/C9H10ClNO4/c10-5-3-4(1-2-6(5)12)8(13)7(11)9(14)15/h1-3,7-8,12-13H,11H2,(H,14,15)/t7-,8?/m0/s1/i13D. The minimum Gasteiger partial charge on any atom is -0.506 e. The number of aliphatic hydroxyl groups is 1. The number of phenolic OH excluding ortho intramolecular Hbond substituents is 1. The molecule has 1 aromatic carbocycles. The van der Waals surface area contributed by atoms with Crippen molar-refractivity contribution in [3.63, 3.8) is 0 Å².